The van der Waals surface area contributed by atoms with Crippen LogP contribution in [-0.4, -0.2) is 24.0 Å². The molecule has 0 aromatic carbocycles. The van der Waals surface area contributed by atoms with Gasteiger partial charge < -0.3 is 24.5 Å². The maximum atomic E-state index is 12.8. The molecule has 5 aliphatic carbocycles. The van der Waals surface area contributed by atoms with E-state index in [1.807, 2.05) is 0 Å². The zero-order chi connectivity index (χ0) is 30.2. The van der Waals surface area contributed by atoms with Crippen LogP contribution in [0.5, 0.6) is 0 Å². The van der Waals surface area contributed by atoms with E-state index in [2.05, 4.69) is 54.5 Å². The Morgan fingerprint density at radius 1 is 0.860 bits per heavy atom. The molecule has 8 heteroatoms. The van der Waals surface area contributed by atoms with E-state index in [-0.39, 0.29) is 162 Å². The van der Waals surface area contributed by atoms with Crippen LogP contribution in [0.4, 0.5) is 0 Å². The van der Waals surface area contributed by atoms with E-state index in [1.54, 1.807) is 0 Å². The minimum atomic E-state index is -1.13. The molecule has 0 saturated heterocycles. The molecule has 43 heavy (non-hydrogen) atoms. The van der Waals surface area contributed by atoms with E-state index in [9.17, 15) is 24.6 Å². The van der Waals surface area contributed by atoms with Crippen molar-refractivity contribution in [1.29, 1.82) is 0 Å². The minimum Gasteiger partial charge on any atom is -0.550 e. The molecule has 0 unspecified atom stereocenters. The Kier molecular flexibility index (Phi) is 12.4. The number of carbonyl (C=O) groups is 3. The van der Waals surface area contributed by atoms with Crippen molar-refractivity contribution in [2.45, 2.75) is 132 Å². The third-order valence-electron chi connectivity index (χ3n) is 14.4. The van der Waals surface area contributed by atoms with Crippen molar-refractivity contribution in [3.05, 3.63) is 11.6 Å². The Morgan fingerprint density at radius 2 is 1.53 bits per heavy atom. The maximum absolute atomic E-state index is 12.8. The van der Waals surface area contributed by atoms with E-state index in [0.717, 1.165) is 57.8 Å². The molecule has 0 aromatic rings. The second kappa shape index (κ2) is 13.7. The number of fused-ring (bicyclic) bond motifs is 7. The summed E-state index contributed by atoms with van der Waals surface area (Å²) in [5.41, 5.74) is 0.635. The molecular formula is C35H52K2O6. The van der Waals surface area contributed by atoms with E-state index in [1.165, 1.54) is 5.57 Å². The number of aliphatic carboxylic acids is 2. The smallest absolute Gasteiger partial charge is 0.550 e. The van der Waals surface area contributed by atoms with Crippen molar-refractivity contribution in [2.75, 3.05) is 0 Å². The van der Waals surface area contributed by atoms with Crippen LogP contribution < -0.4 is 113 Å². The van der Waals surface area contributed by atoms with Gasteiger partial charge in [0, 0.05) is 29.2 Å². The van der Waals surface area contributed by atoms with Crippen molar-refractivity contribution >= 4 is 17.9 Å². The molecule has 0 aromatic heterocycles. The van der Waals surface area contributed by atoms with E-state index in [0.29, 0.717) is 23.7 Å². The summed E-state index contributed by atoms with van der Waals surface area (Å²) < 4.78 is 6.04. The molecule has 4 fully saturated rings. The molecule has 0 aliphatic heterocycles. The number of carboxylic acids is 2. The van der Waals surface area contributed by atoms with Gasteiger partial charge in [-0.25, -0.2) is 0 Å². The van der Waals surface area contributed by atoms with Crippen LogP contribution in [0.25, 0.3) is 0 Å². The molecule has 10 atom stereocenters. The van der Waals surface area contributed by atoms with Crippen molar-refractivity contribution in [1.82, 2.24) is 0 Å². The first-order valence-corrected chi connectivity index (χ1v) is 16.4. The van der Waals surface area contributed by atoms with Crippen LogP contribution in [0, 0.1) is 56.7 Å². The molecule has 0 amide bonds. The molecule has 0 bridgehead atoms. The first-order valence-electron chi connectivity index (χ1n) is 16.4. The Balaban J connectivity index is 0.00000253. The van der Waals surface area contributed by atoms with Crippen molar-refractivity contribution in [3.63, 3.8) is 0 Å². The summed E-state index contributed by atoms with van der Waals surface area (Å²) in [6.07, 6.45) is 10.9. The molecule has 6 nitrogen and oxygen atoms in total. The number of carboxylic acid groups (broad SMARTS) is 2. The van der Waals surface area contributed by atoms with Gasteiger partial charge in [-0.1, -0.05) is 60.1 Å². The van der Waals surface area contributed by atoms with Crippen molar-refractivity contribution in [3.8, 4) is 0 Å². The van der Waals surface area contributed by atoms with Gasteiger partial charge in [0.15, 0.2) is 0 Å². The summed E-state index contributed by atoms with van der Waals surface area (Å²) in [4.78, 5) is 36.2. The van der Waals surface area contributed by atoms with Crippen LogP contribution >= 0.6 is 0 Å². The first-order chi connectivity index (χ1) is 19.0. The van der Waals surface area contributed by atoms with Gasteiger partial charge in [-0.15, -0.1) is 0 Å². The van der Waals surface area contributed by atoms with Gasteiger partial charge in [0.2, 0.25) is 0 Å². The molecule has 0 radical (unpaired) electrons. The quantitative estimate of drug-likeness (QED) is 0.213. The summed E-state index contributed by atoms with van der Waals surface area (Å²) in [5, 5.41) is 23.6. The summed E-state index contributed by atoms with van der Waals surface area (Å²) in [6.45, 7) is 16.6. The van der Waals surface area contributed by atoms with Crippen LogP contribution in [-0.2, 0) is 19.1 Å². The zero-order valence-corrected chi connectivity index (χ0v) is 34.7. The number of allylic oxidation sites excluding steroid dienone is 2. The molecule has 230 valence electrons. The van der Waals surface area contributed by atoms with E-state index < -0.39 is 17.4 Å². The Hall–Kier alpha value is 1.42. The summed E-state index contributed by atoms with van der Waals surface area (Å²) in [5.74, 6) is -0.492. The number of esters is 1. The topological polar surface area (TPSA) is 107 Å². The van der Waals surface area contributed by atoms with Gasteiger partial charge in [-0.3, -0.25) is 4.79 Å². The summed E-state index contributed by atoms with van der Waals surface area (Å²) in [6, 6.07) is 0. The average molecular weight is 647 g/mol. The van der Waals surface area contributed by atoms with Crippen molar-refractivity contribution in [2.24, 2.45) is 56.7 Å². The number of ether oxygens (including phenoxy) is 1. The molecule has 0 spiro atoms. The first kappa shape index (κ1) is 38.9. The number of hydrogen-bond acceptors (Lipinski definition) is 6. The van der Waals surface area contributed by atoms with Gasteiger partial charge in [0.25, 0.3) is 0 Å². The monoisotopic (exact) mass is 646 g/mol. The fourth-order valence-corrected chi connectivity index (χ4v) is 11.6. The fourth-order valence-electron chi connectivity index (χ4n) is 11.6. The van der Waals surface area contributed by atoms with Crippen LogP contribution in [0.2, 0.25) is 0 Å². The molecule has 4 saturated carbocycles. The molecular weight excluding hydrogens is 595 g/mol. The third kappa shape index (κ3) is 6.11. The largest absolute Gasteiger partial charge is 1.00 e. The molecule has 5 rings (SSSR count). The number of hydrogen-bond donors (Lipinski definition) is 0. The van der Waals surface area contributed by atoms with Gasteiger partial charge in [0.05, 0.1) is 0 Å². The predicted octanol–water partition coefficient (Wildman–Crippen LogP) is -0.766. The normalized spacial score (nSPS) is 44.4. The standard InChI is InChI=1S/C35H54O6.2K/c1-21-13-18-35(30(39)40)20-19-33(6)23(29(35)22(21)2)11-12-25-32(5)16-15-26(41-28(38)10-8-9-27(36)37)31(3,4)24(32)14-17-34(25,33)7;;/h11,21-22,24-26,29H,8-10,12-20H2,1-7H3,(H,36,37)(H,39,40);;/q;2*+1/p-2/t21-,22+,24+,25-,26+,29+,32+,33-,34-,35+;;/m1../s1. The van der Waals surface area contributed by atoms with Gasteiger partial charge in [-0.2, -0.15) is 0 Å². The SMILES string of the molecule is C[C@H]1[C@H](C)CC[C@]2(C(=O)[O-])CC[C@]3(C)C(=CC[C@@H]4[C@@]5(C)CC[C@H](OC(=O)CCCC(=O)[O-])C(C)(C)[C@@H]5CC[C@]43C)[C@H]12.[K+].[K+]. The van der Waals surface area contributed by atoms with Crippen LogP contribution in [0.3, 0.4) is 0 Å². The van der Waals surface area contributed by atoms with Crippen LogP contribution in [0.1, 0.15) is 126 Å². The molecule has 5 aliphatic rings. The minimum absolute atomic E-state index is 0. The predicted molar refractivity (Wildman–Crippen MR) is 153 cm³/mol. The fraction of sp³-hybridized carbons (Fsp3) is 0.857. The van der Waals surface area contributed by atoms with E-state index in [4.69, 9.17) is 4.74 Å². The van der Waals surface area contributed by atoms with Crippen LogP contribution in [0.15, 0.2) is 11.6 Å². The van der Waals surface area contributed by atoms with Gasteiger partial charge in [0.1, 0.15) is 6.10 Å². The van der Waals surface area contributed by atoms with Gasteiger partial charge >= 0.3 is 109 Å². The second-order valence-electron chi connectivity index (χ2n) is 16.2. The third-order valence-corrected chi connectivity index (χ3v) is 14.4. The van der Waals surface area contributed by atoms with E-state index >= 15 is 0 Å². The molecule has 0 N–H and O–H groups in total. The van der Waals surface area contributed by atoms with Crippen molar-refractivity contribution < 1.29 is 132 Å². The van der Waals surface area contributed by atoms with Gasteiger partial charge in [-0.05, 0) is 116 Å². The molecule has 0 heterocycles. The summed E-state index contributed by atoms with van der Waals surface area (Å²) >= 11 is 0. The summed E-state index contributed by atoms with van der Waals surface area (Å²) in [7, 11) is 0. The average Bonchev–Trinajstić information content (AvgIpc) is 2.88. The maximum Gasteiger partial charge on any atom is 1.00 e. The zero-order valence-electron chi connectivity index (χ0n) is 28.5. The number of carbonyl (C=O) groups excluding carboxylic acids is 3. The Labute approximate surface area is 344 Å². The Bertz CT molecular complexity index is 1140. The second-order valence-corrected chi connectivity index (χ2v) is 16.2. The number of rotatable bonds is 6. The Morgan fingerprint density at radius 3 is 2.16 bits per heavy atom.